The number of nitrogens with zero attached hydrogens (tertiary/aromatic N) is 5. The van der Waals surface area contributed by atoms with Crippen molar-refractivity contribution in [3.8, 4) is 0 Å². The zero-order chi connectivity index (χ0) is 19.1. The SMILES string of the molecule is COC(=O)c1cc(C)nc2c1c(=O)nc(SCc1nonc1C)n2C1CC1. The van der Waals surface area contributed by atoms with Crippen LogP contribution in [0.3, 0.4) is 0 Å². The van der Waals surface area contributed by atoms with E-state index in [-0.39, 0.29) is 17.0 Å². The quantitative estimate of drug-likeness (QED) is 0.369. The number of aryl methyl sites for hydroxylation is 2. The minimum absolute atomic E-state index is 0.194. The van der Waals surface area contributed by atoms with Crippen LogP contribution in [0, 0.1) is 13.8 Å². The number of hydrogen-bond acceptors (Lipinski definition) is 9. The van der Waals surface area contributed by atoms with E-state index >= 15 is 0 Å². The molecule has 3 aromatic rings. The number of ether oxygens (including phenoxy) is 1. The molecule has 0 N–H and O–H groups in total. The molecule has 4 rings (SSSR count). The lowest BCUT2D eigenvalue weighted by molar-refractivity contribution is 0.0602. The van der Waals surface area contributed by atoms with Gasteiger partial charge in [-0.1, -0.05) is 22.1 Å². The molecule has 0 aromatic carbocycles. The van der Waals surface area contributed by atoms with E-state index in [1.54, 1.807) is 13.0 Å². The summed E-state index contributed by atoms with van der Waals surface area (Å²) < 4.78 is 11.5. The van der Waals surface area contributed by atoms with E-state index in [1.807, 2.05) is 11.5 Å². The first-order valence-corrected chi connectivity index (χ1v) is 9.41. The number of thioether (sulfide) groups is 1. The fourth-order valence-electron chi connectivity index (χ4n) is 2.88. The Bertz CT molecular complexity index is 1100. The molecule has 0 amide bonds. The number of rotatable bonds is 5. The number of hydrogen-bond donors (Lipinski definition) is 0. The van der Waals surface area contributed by atoms with E-state index in [4.69, 9.17) is 9.37 Å². The van der Waals surface area contributed by atoms with Crippen molar-refractivity contribution in [2.24, 2.45) is 0 Å². The van der Waals surface area contributed by atoms with Gasteiger partial charge in [0.15, 0.2) is 5.16 Å². The monoisotopic (exact) mass is 387 g/mol. The summed E-state index contributed by atoms with van der Waals surface area (Å²) in [5.41, 5.74) is 2.20. The molecule has 3 heterocycles. The van der Waals surface area contributed by atoms with Crippen molar-refractivity contribution in [2.75, 3.05) is 7.11 Å². The van der Waals surface area contributed by atoms with E-state index in [2.05, 4.69) is 20.3 Å². The Morgan fingerprint density at radius 1 is 1.33 bits per heavy atom. The number of methoxy groups -OCH3 is 1. The van der Waals surface area contributed by atoms with E-state index in [0.29, 0.717) is 33.6 Å². The van der Waals surface area contributed by atoms with Crippen molar-refractivity contribution < 1.29 is 14.2 Å². The minimum atomic E-state index is -0.573. The summed E-state index contributed by atoms with van der Waals surface area (Å²) >= 11 is 1.38. The van der Waals surface area contributed by atoms with Crippen LogP contribution in [0.2, 0.25) is 0 Å². The number of esters is 1. The first kappa shape index (κ1) is 17.7. The maximum absolute atomic E-state index is 12.7. The zero-order valence-electron chi connectivity index (χ0n) is 15.1. The average Bonchev–Trinajstić information content (AvgIpc) is 3.39. The third kappa shape index (κ3) is 3.20. The van der Waals surface area contributed by atoms with Crippen LogP contribution in [-0.4, -0.2) is 37.9 Å². The molecule has 1 aliphatic carbocycles. The Labute approximate surface area is 158 Å². The van der Waals surface area contributed by atoms with Crippen molar-refractivity contribution >= 4 is 28.8 Å². The van der Waals surface area contributed by atoms with Crippen LogP contribution >= 0.6 is 11.8 Å². The third-order valence-electron chi connectivity index (χ3n) is 4.38. The molecule has 0 bridgehead atoms. The van der Waals surface area contributed by atoms with Gasteiger partial charge in [-0.2, -0.15) is 4.98 Å². The highest BCUT2D eigenvalue weighted by Crippen LogP contribution is 2.40. The van der Waals surface area contributed by atoms with Gasteiger partial charge >= 0.3 is 5.97 Å². The van der Waals surface area contributed by atoms with Crippen molar-refractivity contribution in [2.45, 2.75) is 43.6 Å². The third-order valence-corrected chi connectivity index (χ3v) is 5.34. The summed E-state index contributed by atoms with van der Waals surface area (Å²) in [5.74, 6) is -0.105. The van der Waals surface area contributed by atoms with Crippen LogP contribution in [0.1, 0.15) is 46.3 Å². The molecular formula is C17H17N5O4S. The topological polar surface area (TPSA) is 113 Å². The number of carbonyl (C=O) groups is 1. The second kappa shape index (κ2) is 6.76. The van der Waals surface area contributed by atoms with Crippen molar-refractivity contribution in [1.29, 1.82) is 0 Å². The van der Waals surface area contributed by atoms with Gasteiger partial charge in [-0.05, 0) is 32.8 Å². The maximum Gasteiger partial charge on any atom is 0.338 e. The molecule has 140 valence electrons. The van der Waals surface area contributed by atoms with Gasteiger partial charge in [-0.3, -0.25) is 4.79 Å². The van der Waals surface area contributed by atoms with E-state index in [0.717, 1.165) is 12.8 Å². The summed E-state index contributed by atoms with van der Waals surface area (Å²) in [4.78, 5) is 33.7. The summed E-state index contributed by atoms with van der Waals surface area (Å²) in [5, 5.41) is 8.38. The lowest BCUT2D eigenvalue weighted by Gasteiger charge is -2.15. The van der Waals surface area contributed by atoms with Gasteiger partial charge in [0.25, 0.3) is 5.56 Å². The predicted octanol–water partition coefficient (Wildman–Crippen LogP) is 2.21. The molecule has 10 heteroatoms. The number of pyridine rings is 1. The summed E-state index contributed by atoms with van der Waals surface area (Å²) in [6, 6.07) is 1.77. The Kier molecular flexibility index (Phi) is 4.42. The van der Waals surface area contributed by atoms with Gasteiger partial charge in [0.1, 0.15) is 17.0 Å². The van der Waals surface area contributed by atoms with Gasteiger partial charge in [0, 0.05) is 17.5 Å². The maximum atomic E-state index is 12.7. The molecule has 0 unspecified atom stereocenters. The van der Waals surface area contributed by atoms with Crippen molar-refractivity contribution in [3.05, 3.63) is 39.1 Å². The molecule has 0 radical (unpaired) electrons. The second-order valence-corrected chi connectivity index (χ2v) is 7.33. The number of carbonyl (C=O) groups excluding carboxylic acids is 1. The smallest absolute Gasteiger partial charge is 0.338 e. The van der Waals surface area contributed by atoms with Crippen LogP contribution in [0.25, 0.3) is 11.0 Å². The molecule has 3 aromatic heterocycles. The van der Waals surface area contributed by atoms with Crippen molar-refractivity contribution in [1.82, 2.24) is 24.8 Å². The second-order valence-electron chi connectivity index (χ2n) is 6.39. The molecule has 1 fully saturated rings. The number of fused-ring (bicyclic) bond motifs is 1. The van der Waals surface area contributed by atoms with Crippen LogP contribution in [0.15, 0.2) is 20.6 Å². The Morgan fingerprint density at radius 2 is 2.11 bits per heavy atom. The highest BCUT2D eigenvalue weighted by molar-refractivity contribution is 7.98. The lowest BCUT2D eigenvalue weighted by Crippen LogP contribution is -2.20. The summed E-state index contributed by atoms with van der Waals surface area (Å²) in [6.45, 7) is 3.59. The standard InChI is InChI=1S/C17H17N5O4S/c1-8-6-11(16(24)25-3)13-14(18-8)22(10-4-5-10)17(19-15(13)23)27-7-12-9(2)20-26-21-12/h6,10H,4-5,7H2,1-3H3. The lowest BCUT2D eigenvalue weighted by atomic mass is 10.1. The van der Waals surface area contributed by atoms with E-state index in [9.17, 15) is 9.59 Å². The van der Waals surface area contributed by atoms with Gasteiger partial charge in [0.05, 0.1) is 18.1 Å². The van der Waals surface area contributed by atoms with Gasteiger partial charge in [0.2, 0.25) is 0 Å². The minimum Gasteiger partial charge on any atom is -0.465 e. The molecule has 0 atom stereocenters. The Morgan fingerprint density at radius 3 is 2.74 bits per heavy atom. The average molecular weight is 387 g/mol. The fourth-order valence-corrected chi connectivity index (χ4v) is 3.93. The molecule has 0 spiro atoms. The Hall–Kier alpha value is -2.75. The van der Waals surface area contributed by atoms with Crippen LogP contribution in [0.4, 0.5) is 0 Å². The molecule has 9 nitrogen and oxygen atoms in total. The van der Waals surface area contributed by atoms with Gasteiger partial charge in [-0.15, -0.1) is 0 Å². The molecule has 27 heavy (non-hydrogen) atoms. The van der Waals surface area contributed by atoms with Crippen LogP contribution in [0.5, 0.6) is 0 Å². The molecule has 0 saturated heterocycles. The molecule has 1 aliphatic rings. The summed E-state index contributed by atoms with van der Waals surface area (Å²) in [7, 11) is 1.29. The predicted molar refractivity (Wildman–Crippen MR) is 96.7 cm³/mol. The highest BCUT2D eigenvalue weighted by atomic mass is 32.2. The number of aromatic nitrogens is 5. The molecular weight excluding hydrogens is 370 g/mol. The van der Waals surface area contributed by atoms with Crippen LogP contribution < -0.4 is 5.56 Å². The fraction of sp³-hybridized carbons (Fsp3) is 0.412. The normalized spacial score (nSPS) is 13.9. The largest absolute Gasteiger partial charge is 0.465 e. The van der Waals surface area contributed by atoms with E-state index < -0.39 is 11.5 Å². The van der Waals surface area contributed by atoms with Gasteiger partial charge < -0.3 is 9.30 Å². The van der Waals surface area contributed by atoms with Gasteiger partial charge in [-0.25, -0.2) is 14.4 Å². The zero-order valence-corrected chi connectivity index (χ0v) is 15.9. The van der Waals surface area contributed by atoms with E-state index in [1.165, 1.54) is 18.9 Å². The molecule has 0 aliphatic heterocycles. The van der Waals surface area contributed by atoms with Crippen molar-refractivity contribution in [3.63, 3.8) is 0 Å². The summed E-state index contributed by atoms with van der Waals surface area (Å²) in [6.07, 6.45) is 1.95. The molecule has 1 saturated carbocycles. The first-order chi connectivity index (χ1) is 13.0. The Balaban J connectivity index is 1.88. The highest BCUT2D eigenvalue weighted by Gasteiger charge is 2.30. The van der Waals surface area contributed by atoms with Crippen LogP contribution in [-0.2, 0) is 10.5 Å². The first-order valence-electron chi connectivity index (χ1n) is 8.42.